The number of nitrogens with zero attached hydrogens (tertiary/aromatic N) is 1. The van der Waals surface area contributed by atoms with Gasteiger partial charge in [0.1, 0.15) is 10.7 Å². The van der Waals surface area contributed by atoms with Gasteiger partial charge in [-0.15, -0.1) is 11.3 Å². The molecule has 106 valence electrons. The molecule has 2 rings (SSSR count). The number of rotatable bonds is 6. The molecule has 2 aromatic rings. The normalized spacial score (nSPS) is 10.5. The summed E-state index contributed by atoms with van der Waals surface area (Å²) in [6.07, 6.45) is 0. The predicted octanol–water partition coefficient (Wildman–Crippen LogP) is 2.80. The fourth-order valence-electron chi connectivity index (χ4n) is 1.67. The van der Waals surface area contributed by atoms with Crippen LogP contribution >= 0.6 is 22.9 Å². The maximum Gasteiger partial charge on any atom is 0.270 e. The van der Waals surface area contributed by atoms with Crippen molar-refractivity contribution in [2.24, 2.45) is 0 Å². The van der Waals surface area contributed by atoms with Crippen LogP contribution in [0.3, 0.4) is 0 Å². The highest BCUT2D eigenvalue weighted by atomic mass is 35.5. The number of nitrogens with one attached hydrogen (secondary N) is 2. The van der Waals surface area contributed by atoms with Crippen molar-refractivity contribution < 1.29 is 4.79 Å². The molecule has 0 fully saturated rings. The quantitative estimate of drug-likeness (QED) is 0.807. The molecule has 4 nitrogen and oxygen atoms in total. The lowest BCUT2D eigenvalue weighted by atomic mass is 10.2. The topological polar surface area (TPSA) is 54.0 Å². The van der Waals surface area contributed by atoms with Crippen molar-refractivity contribution in [3.8, 4) is 10.6 Å². The Morgan fingerprint density at radius 3 is 2.90 bits per heavy atom. The average molecular weight is 310 g/mol. The zero-order chi connectivity index (χ0) is 14.4. The van der Waals surface area contributed by atoms with Crippen molar-refractivity contribution in [1.29, 1.82) is 0 Å². The van der Waals surface area contributed by atoms with Crippen LogP contribution in [0.2, 0.25) is 5.02 Å². The molecule has 20 heavy (non-hydrogen) atoms. The van der Waals surface area contributed by atoms with E-state index in [0.29, 0.717) is 17.3 Å². The Morgan fingerprint density at radius 2 is 2.15 bits per heavy atom. The highest BCUT2D eigenvalue weighted by Crippen LogP contribution is 2.29. The van der Waals surface area contributed by atoms with Crippen molar-refractivity contribution >= 4 is 28.8 Å². The molecule has 0 aliphatic heterocycles. The van der Waals surface area contributed by atoms with Crippen LogP contribution in [0.4, 0.5) is 0 Å². The van der Waals surface area contributed by atoms with Gasteiger partial charge in [-0.05, 0) is 12.6 Å². The van der Waals surface area contributed by atoms with Gasteiger partial charge < -0.3 is 10.6 Å². The first-order chi connectivity index (χ1) is 9.72. The van der Waals surface area contributed by atoms with E-state index in [1.165, 1.54) is 11.3 Å². The molecule has 0 bridgehead atoms. The molecule has 0 unspecified atom stereocenters. The molecule has 0 atom stereocenters. The van der Waals surface area contributed by atoms with Crippen LogP contribution in [0.15, 0.2) is 29.6 Å². The average Bonchev–Trinajstić information content (AvgIpc) is 2.93. The third kappa shape index (κ3) is 3.79. The number of amides is 1. The van der Waals surface area contributed by atoms with Gasteiger partial charge in [0.2, 0.25) is 0 Å². The molecule has 0 saturated heterocycles. The van der Waals surface area contributed by atoms with E-state index in [9.17, 15) is 4.79 Å². The number of benzene rings is 1. The van der Waals surface area contributed by atoms with Gasteiger partial charge in [0, 0.05) is 24.0 Å². The highest BCUT2D eigenvalue weighted by Gasteiger charge is 2.12. The molecule has 0 radical (unpaired) electrons. The van der Waals surface area contributed by atoms with Crippen molar-refractivity contribution in [2.45, 2.75) is 6.92 Å². The van der Waals surface area contributed by atoms with Crippen LogP contribution in [0.1, 0.15) is 17.4 Å². The van der Waals surface area contributed by atoms with Crippen LogP contribution in [0.5, 0.6) is 0 Å². The summed E-state index contributed by atoms with van der Waals surface area (Å²) in [5.74, 6) is -0.155. The first-order valence-electron chi connectivity index (χ1n) is 6.41. The van der Waals surface area contributed by atoms with Gasteiger partial charge >= 0.3 is 0 Å². The van der Waals surface area contributed by atoms with E-state index in [2.05, 4.69) is 15.6 Å². The summed E-state index contributed by atoms with van der Waals surface area (Å²) in [7, 11) is 0. The lowest BCUT2D eigenvalue weighted by Gasteiger charge is -2.03. The summed E-state index contributed by atoms with van der Waals surface area (Å²) in [6.45, 7) is 4.26. The fraction of sp³-hybridized carbons (Fsp3) is 0.286. The molecular formula is C14H16ClN3OS. The molecule has 2 N–H and O–H groups in total. The lowest BCUT2D eigenvalue weighted by molar-refractivity contribution is 0.0950. The Hall–Kier alpha value is -1.43. The van der Waals surface area contributed by atoms with Gasteiger partial charge in [-0.2, -0.15) is 0 Å². The van der Waals surface area contributed by atoms with E-state index in [0.717, 1.165) is 23.7 Å². The Kier molecular flexibility index (Phi) is 5.52. The van der Waals surface area contributed by atoms with Gasteiger partial charge in [0.15, 0.2) is 0 Å². The van der Waals surface area contributed by atoms with Crippen LogP contribution in [0.25, 0.3) is 10.6 Å². The monoisotopic (exact) mass is 309 g/mol. The Morgan fingerprint density at radius 1 is 1.35 bits per heavy atom. The van der Waals surface area contributed by atoms with Crippen LogP contribution in [-0.4, -0.2) is 30.5 Å². The van der Waals surface area contributed by atoms with Gasteiger partial charge in [-0.1, -0.05) is 36.7 Å². The van der Waals surface area contributed by atoms with E-state index >= 15 is 0 Å². The molecule has 0 aliphatic carbocycles. The zero-order valence-corrected chi connectivity index (χ0v) is 12.7. The van der Waals surface area contributed by atoms with E-state index in [1.807, 2.05) is 31.2 Å². The Labute approximate surface area is 127 Å². The third-order valence-corrected chi connectivity index (χ3v) is 3.88. The van der Waals surface area contributed by atoms with Crippen molar-refractivity contribution in [2.75, 3.05) is 19.6 Å². The molecule has 1 aromatic heterocycles. The SMILES string of the molecule is CCNCCNC(=O)c1csc(-c2ccccc2Cl)n1. The Balaban J connectivity index is 2.02. The first-order valence-corrected chi connectivity index (χ1v) is 7.67. The van der Waals surface area contributed by atoms with E-state index < -0.39 is 0 Å². The van der Waals surface area contributed by atoms with E-state index in [4.69, 9.17) is 11.6 Å². The molecule has 0 aliphatic rings. The summed E-state index contributed by atoms with van der Waals surface area (Å²) in [5.41, 5.74) is 1.28. The van der Waals surface area contributed by atoms with Crippen molar-refractivity contribution in [1.82, 2.24) is 15.6 Å². The minimum atomic E-state index is -0.155. The van der Waals surface area contributed by atoms with E-state index in [1.54, 1.807) is 5.38 Å². The maximum absolute atomic E-state index is 11.9. The van der Waals surface area contributed by atoms with Gasteiger partial charge in [0.05, 0.1) is 5.02 Å². The smallest absolute Gasteiger partial charge is 0.270 e. The molecule has 6 heteroatoms. The second-order valence-corrected chi connectivity index (χ2v) is 5.39. The van der Waals surface area contributed by atoms with Gasteiger partial charge in [0.25, 0.3) is 5.91 Å². The zero-order valence-electron chi connectivity index (χ0n) is 11.1. The first kappa shape index (κ1) is 15.0. The maximum atomic E-state index is 11.9. The van der Waals surface area contributed by atoms with Gasteiger partial charge in [-0.3, -0.25) is 4.79 Å². The lowest BCUT2D eigenvalue weighted by Crippen LogP contribution is -2.31. The van der Waals surface area contributed by atoms with Crippen molar-refractivity contribution in [3.05, 3.63) is 40.4 Å². The number of carbonyl (C=O) groups is 1. The number of likely N-dealkylation sites (N-methyl/N-ethyl adjacent to an activating group) is 1. The minimum absolute atomic E-state index is 0.155. The molecule has 1 heterocycles. The number of thiazole rings is 1. The van der Waals surface area contributed by atoms with Gasteiger partial charge in [-0.25, -0.2) is 4.98 Å². The third-order valence-electron chi connectivity index (χ3n) is 2.68. The van der Waals surface area contributed by atoms with E-state index in [-0.39, 0.29) is 5.91 Å². The molecule has 1 aromatic carbocycles. The predicted molar refractivity (Wildman–Crippen MR) is 83.4 cm³/mol. The highest BCUT2D eigenvalue weighted by molar-refractivity contribution is 7.13. The summed E-state index contributed by atoms with van der Waals surface area (Å²) < 4.78 is 0. The molecule has 0 spiro atoms. The number of carbonyl (C=O) groups excluding carboxylic acids is 1. The summed E-state index contributed by atoms with van der Waals surface area (Å²) >= 11 is 7.54. The number of halogens is 1. The largest absolute Gasteiger partial charge is 0.349 e. The van der Waals surface area contributed by atoms with Crippen LogP contribution in [-0.2, 0) is 0 Å². The molecular weight excluding hydrogens is 294 g/mol. The number of hydrogen-bond acceptors (Lipinski definition) is 4. The second-order valence-electron chi connectivity index (χ2n) is 4.13. The number of aromatic nitrogens is 1. The van der Waals surface area contributed by atoms with Crippen LogP contribution < -0.4 is 10.6 Å². The summed E-state index contributed by atoms with van der Waals surface area (Å²) in [5, 5.41) is 9.11. The second kappa shape index (κ2) is 7.38. The molecule has 0 saturated carbocycles. The van der Waals surface area contributed by atoms with Crippen LogP contribution in [0, 0.1) is 0 Å². The fourth-order valence-corrected chi connectivity index (χ4v) is 2.79. The molecule has 1 amide bonds. The summed E-state index contributed by atoms with van der Waals surface area (Å²) in [6, 6.07) is 7.48. The standard InChI is InChI=1S/C14H16ClN3OS/c1-2-16-7-8-17-13(19)12-9-20-14(18-12)10-5-3-4-6-11(10)15/h3-6,9,16H,2,7-8H2,1H3,(H,17,19). The Bertz CT molecular complexity index is 585. The summed E-state index contributed by atoms with van der Waals surface area (Å²) in [4.78, 5) is 16.3. The number of hydrogen-bond donors (Lipinski definition) is 2. The minimum Gasteiger partial charge on any atom is -0.349 e. The van der Waals surface area contributed by atoms with Crippen molar-refractivity contribution in [3.63, 3.8) is 0 Å².